The average Bonchev–Trinajstić information content (AvgIpc) is 1.30. The summed E-state index contributed by atoms with van der Waals surface area (Å²) in [7, 11) is 1.83. The number of hydrogen-bond donors (Lipinski definition) is 0. The Morgan fingerprint density at radius 3 is 1.71 bits per heavy atom. The van der Waals surface area contributed by atoms with E-state index in [0.29, 0.717) is 0 Å². The topological polar surface area (TPSA) is 12.4 Å². The predicted molar refractivity (Wildman–Crippen MR) is 33.8 cm³/mol. The van der Waals surface area contributed by atoms with Crippen molar-refractivity contribution in [1.29, 1.82) is 0 Å². The van der Waals surface area contributed by atoms with Gasteiger partial charge in [0.1, 0.15) is 0 Å². The molecule has 0 saturated carbocycles. The second-order valence-electron chi connectivity index (χ2n) is 2.56. The van der Waals surface area contributed by atoms with Gasteiger partial charge in [-0.1, -0.05) is 0 Å². The Morgan fingerprint density at radius 1 is 1.29 bits per heavy atom. The molecule has 0 rings (SSSR count). The minimum atomic E-state index is 0.120. The van der Waals surface area contributed by atoms with Crippen LogP contribution in [0.5, 0.6) is 0 Å². The summed E-state index contributed by atoms with van der Waals surface area (Å²) in [5.41, 5.74) is 0.120. The maximum absolute atomic E-state index is 4.13. The first-order valence-corrected chi connectivity index (χ1v) is 2.56. The van der Waals surface area contributed by atoms with Crippen molar-refractivity contribution in [3.63, 3.8) is 0 Å². The molecular weight excluding hydrogens is 84.9 g/mol. The third-order valence-corrected chi connectivity index (χ3v) is 0.516. The summed E-state index contributed by atoms with van der Waals surface area (Å²) < 4.78 is 0. The summed E-state index contributed by atoms with van der Waals surface area (Å²) in [4.78, 5) is 4.13. The molecule has 0 radical (unpaired) electrons. The summed E-state index contributed by atoms with van der Waals surface area (Å²) in [6, 6.07) is 0. The molecule has 0 heterocycles. The molecule has 0 aromatic rings. The van der Waals surface area contributed by atoms with E-state index in [1.54, 1.807) is 0 Å². The van der Waals surface area contributed by atoms with Gasteiger partial charge >= 0.3 is 45.1 Å². The molecule has 0 saturated heterocycles. The van der Waals surface area contributed by atoms with Gasteiger partial charge in [0.2, 0.25) is 0 Å². The monoisotopic (exact) mass is 97.1 g/mol. The van der Waals surface area contributed by atoms with Crippen molar-refractivity contribution >= 4 is 7.07 Å². The summed E-state index contributed by atoms with van der Waals surface area (Å²) in [6.07, 6.45) is 0. The van der Waals surface area contributed by atoms with Crippen molar-refractivity contribution in [2.45, 2.75) is 33.1 Å². The average molecular weight is 97.0 g/mol. The van der Waals surface area contributed by atoms with Crippen LogP contribution >= 0.6 is 0 Å². The second-order valence-corrected chi connectivity index (χ2v) is 2.56. The third-order valence-electron chi connectivity index (χ3n) is 0.516. The van der Waals surface area contributed by atoms with Crippen molar-refractivity contribution in [3.8, 4) is 0 Å². The molecule has 0 fully saturated rings. The fourth-order valence-corrected chi connectivity index (χ4v) is 0.387. The summed E-state index contributed by atoms with van der Waals surface area (Å²) >= 11 is 0. The molecular formula is C5H12BN. The minimum absolute atomic E-state index is 0.120. The molecule has 0 aromatic heterocycles. The van der Waals surface area contributed by atoms with Crippen LogP contribution < -0.4 is 0 Å². The Bertz CT molecular complexity index is 70.6. The van der Waals surface area contributed by atoms with Crippen molar-refractivity contribution < 1.29 is 0 Å². The Labute approximate surface area is 46.1 Å². The number of rotatable bonds is 0. The quantitative estimate of drug-likeness (QED) is 0.408. The van der Waals surface area contributed by atoms with E-state index in [9.17, 15) is 0 Å². The van der Waals surface area contributed by atoms with Crippen molar-refractivity contribution in [2.75, 3.05) is 0 Å². The molecule has 0 aromatic carbocycles. The van der Waals surface area contributed by atoms with Crippen LogP contribution in [0.15, 0.2) is 4.90 Å². The van der Waals surface area contributed by atoms with Crippen LogP contribution in [-0.4, -0.2) is 12.6 Å². The standard InChI is InChI=1S/C5H12BN/c1-5(2,3)7-6-4/h1-4H3. The van der Waals surface area contributed by atoms with E-state index in [1.165, 1.54) is 0 Å². The molecule has 7 heavy (non-hydrogen) atoms. The number of nitrogens with zero attached hydrogens (tertiary/aromatic N) is 1. The van der Waals surface area contributed by atoms with Crippen LogP contribution in [0.1, 0.15) is 20.8 Å². The van der Waals surface area contributed by atoms with E-state index in [1.807, 2.05) is 13.9 Å². The first-order chi connectivity index (χ1) is 3.06. The molecule has 0 spiro atoms. The second kappa shape index (κ2) is 2.24. The van der Waals surface area contributed by atoms with Crippen molar-refractivity contribution in [1.82, 2.24) is 0 Å². The normalized spacial score (nSPS) is 12.0. The van der Waals surface area contributed by atoms with Gasteiger partial charge < -0.3 is 0 Å². The van der Waals surface area contributed by atoms with Gasteiger partial charge in [-0.05, 0) is 0 Å². The molecule has 0 aliphatic carbocycles. The van der Waals surface area contributed by atoms with E-state index >= 15 is 0 Å². The first-order valence-electron chi connectivity index (χ1n) is 2.56. The molecule has 0 aliphatic heterocycles. The van der Waals surface area contributed by atoms with Gasteiger partial charge in [0.15, 0.2) is 0 Å². The fourth-order valence-electron chi connectivity index (χ4n) is 0.387. The van der Waals surface area contributed by atoms with E-state index in [-0.39, 0.29) is 5.54 Å². The van der Waals surface area contributed by atoms with Crippen molar-refractivity contribution in [3.05, 3.63) is 0 Å². The summed E-state index contributed by atoms with van der Waals surface area (Å²) in [6.45, 7) is 8.16. The molecule has 1 nitrogen and oxygen atoms in total. The first kappa shape index (κ1) is 6.86. The fraction of sp³-hybridized carbons (Fsp3) is 1.00. The molecule has 0 atom stereocenters. The van der Waals surface area contributed by atoms with Crippen LogP contribution in [0.2, 0.25) is 6.82 Å². The zero-order chi connectivity index (χ0) is 5.91. The Hall–Kier alpha value is -0.135. The third kappa shape index (κ3) is 5.86. The van der Waals surface area contributed by atoms with Crippen LogP contribution in [-0.2, 0) is 0 Å². The van der Waals surface area contributed by atoms with Gasteiger partial charge in [0.05, 0.1) is 0 Å². The Kier molecular flexibility index (Phi) is 2.20. The van der Waals surface area contributed by atoms with E-state index in [0.717, 1.165) is 0 Å². The molecule has 2 heteroatoms. The van der Waals surface area contributed by atoms with Gasteiger partial charge in [0.25, 0.3) is 0 Å². The molecule has 0 bridgehead atoms. The van der Waals surface area contributed by atoms with Gasteiger partial charge in [-0.3, -0.25) is 0 Å². The van der Waals surface area contributed by atoms with Crippen LogP contribution in [0.3, 0.4) is 0 Å². The van der Waals surface area contributed by atoms with Crippen molar-refractivity contribution in [2.24, 2.45) is 4.90 Å². The van der Waals surface area contributed by atoms with Crippen LogP contribution in [0, 0.1) is 0 Å². The van der Waals surface area contributed by atoms with Gasteiger partial charge in [-0.25, -0.2) is 0 Å². The summed E-state index contributed by atoms with van der Waals surface area (Å²) in [5, 5.41) is 0. The Balaban J connectivity index is 3.56. The molecule has 0 aliphatic rings. The van der Waals surface area contributed by atoms with Gasteiger partial charge in [0, 0.05) is 0 Å². The van der Waals surface area contributed by atoms with Crippen LogP contribution in [0.25, 0.3) is 0 Å². The zero-order valence-corrected chi connectivity index (χ0v) is 5.52. The maximum atomic E-state index is 4.13. The number of hydrogen-bond acceptors (Lipinski definition) is 1. The van der Waals surface area contributed by atoms with E-state index in [2.05, 4.69) is 25.7 Å². The molecule has 0 N–H and O–H groups in total. The zero-order valence-electron chi connectivity index (χ0n) is 5.52. The Morgan fingerprint density at radius 2 is 1.71 bits per heavy atom. The van der Waals surface area contributed by atoms with E-state index in [4.69, 9.17) is 0 Å². The molecule has 40 valence electrons. The SMILES string of the molecule is CB=NC(C)(C)C. The van der Waals surface area contributed by atoms with Gasteiger partial charge in [-0.2, -0.15) is 0 Å². The summed E-state index contributed by atoms with van der Waals surface area (Å²) in [5.74, 6) is 0. The van der Waals surface area contributed by atoms with Crippen LogP contribution in [0.4, 0.5) is 0 Å². The van der Waals surface area contributed by atoms with E-state index < -0.39 is 0 Å². The predicted octanol–water partition coefficient (Wildman–Crippen LogP) is 1.72. The molecule has 0 amide bonds. The van der Waals surface area contributed by atoms with Gasteiger partial charge in [-0.15, -0.1) is 0 Å². The molecule has 0 unspecified atom stereocenters.